The lowest BCUT2D eigenvalue weighted by molar-refractivity contribution is 0.0304. The van der Waals surface area contributed by atoms with Gasteiger partial charge >= 0.3 is 0 Å². The van der Waals surface area contributed by atoms with Crippen LogP contribution in [-0.4, -0.2) is 36.9 Å². The van der Waals surface area contributed by atoms with Gasteiger partial charge in [-0.05, 0) is 66.6 Å². The van der Waals surface area contributed by atoms with Crippen LogP contribution in [0.15, 0.2) is 36.4 Å². The Labute approximate surface area is 162 Å². The van der Waals surface area contributed by atoms with E-state index in [0.29, 0.717) is 17.6 Å². The van der Waals surface area contributed by atoms with E-state index in [-0.39, 0.29) is 5.92 Å². The zero-order chi connectivity index (χ0) is 19.0. The van der Waals surface area contributed by atoms with Crippen molar-refractivity contribution >= 4 is 16.6 Å². The smallest absolute Gasteiger partial charge is 0.167 e. The molecule has 1 heterocycles. The molecule has 0 N–H and O–H groups in total. The van der Waals surface area contributed by atoms with E-state index in [2.05, 4.69) is 30.9 Å². The fraction of sp³-hybridized carbons (Fsp3) is 0.542. The highest BCUT2D eigenvalue weighted by molar-refractivity contribution is 6.01. The zero-order valence-corrected chi connectivity index (χ0v) is 16.8. The predicted octanol–water partition coefficient (Wildman–Crippen LogP) is 5.18. The summed E-state index contributed by atoms with van der Waals surface area (Å²) >= 11 is 0. The molecule has 2 aromatic rings. The van der Waals surface area contributed by atoms with E-state index in [1.807, 2.05) is 24.3 Å². The van der Waals surface area contributed by atoms with E-state index in [1.165, 1.54) is 19.3 Å². The van der Waals surface area contributed by atoms with Crippen molar-refractivity contribution in [2.75, 3.05) is 20.2 Å². The van der Waals surface area contributed by atoms with Crippen LogP contribution in [0, 0.1) is 17.8 Å². The fourth-order valence-electron chi connectivity index (χ4n) is 4.87. The number of ether oxygens (including phenoxy) is 1. The molecular formula is C24H31NO2. The van der Waals surface area contributed by atoms with E-state index >= 15 is 0 Å². The van der Waals surface area contributed by atoms with Crippen LogP contribution >= 0.6 is 0 Å². The first-order valence-electron chi connectivity index (χ1n) is 10.4. The summed E-state index contributed by atoms with van der Waals surface area (Å²) < 4.78 is 5.31. The third-order valence-corrected chi connectivity index (χ3v) is 6.81. The molecule has 0 unspecified atom stereocenters. The second-order valence-electron chi connectivity index (χ2n) is 8.67. The summed E-state index contributed by atoms with van der Waals surface area (Å²) in [7, 11) is 1.68. The molecule has 0 aromatic heterocycles. The van der Waals surface area contributed by atoms with Crippen molar-refractivity contribution in [3.63, 3.8) is 0 Å². The molecular weight excluding hydrogens is 334 g/mol. The van der Waals surface area contributed by atoms with E-state index in [1.54, 1.807) is 7.11 Å². The topological polar surface area (TPSA) is 29.5 Å². The van der Waals surface area contributed by atoms with Crippen molar-refractivity contribution in [2.24, 2.45) is 17.8 Å². The number of ketones is 1. The number of benzene rings is 2. The fourth-order valence-corrected chi connectivity index (χ4v) is 4.87. The van der Waals surface area contributed by atoms with Gasteiger partial charge in [0.1, 0.15) is 5.75 Å². The SMILES string of the molecule is COc1ccc2cc(C(=O)[C@@H]3CN(C4CCC4)CC[C@@H]3C(C)C)ccc2c1. The summed E-state index contributed by atoms with van der Waals surface area (Å²) in [5.74, 6) is 2.34. The molecule has 27 heavy (non-hydrogen) atoms. The quantitative estimate of drug-likeness (QED) is 0.684. The second-order valence-corrected chi connectivity index (χ2v) is 8.67. The summed E-state index contributed by atoms with van der Waals surface area (Å²) in [5, 5.41) is 2.22. The average molecular weight is 366 g/mol. The Morgan fingerprint density at radius 1 is 1.07 bits per heavy atom. The predicted molar refractivity (Wildman–Crippen MR) is 110 cm³/mol. The van der Waals surface area contributed by atoms with E-state index < -0.39 is 0 Å². The van der Waals surface area contributed by atoms with Gasteiger partial charge in [-0.15, -0.1) is 0 Å². The van der Waals surface area contributed by atoms with Crippen LogP contribution in [0.5, 0.6) is 5.75 Å². The minimum absolute atomic E-state index is 0.120. The first kappa shape index (κ1) is 18.5. The number of piperidine rings is 1. The lowest BCUT2D eigenvalue weighted by atomic mass is 9.73. The minimum Gasteiger partial charge on any atom is -0.497 e. The van der Waals surface area contributed by atoms with Crippen LogP contribution in [0.4, 0.5) is 0 Å². The van der Waals surface area contributed by atoms with Crippen LogP contribution in [0.3, 0.4) is 0 Å². The number of carbonyl (C=O) groups excluding carboxylic acids is 1. The largest absolute Gasteiger partial charge is 0.497 e. The van der Waals surface area contributed by atoms with Crippen LogP contribution in [0.25, 0.3) is 10.8 Å². The maximum atomic E-state index is 13.5. The van der Waals surface area contributed by atoms with Gasteiger partial charge in [0.25, 0.3) is 0 Å². The highest BCUT2D eigenvalue weighted by atomic mass is 16.5. The van der Waals surface area contributed by atoms with Crippen molar-refractivity contribution < 1.29 is 9.53 Å². The molecule has 3 heteroatoms. The Bertz CT molecular complexity index is 824. The first-order chi connectivity index (χ1) is 13.1. The van der Waals surface area contributed by atoms with Gasteiger partial charge in [0.2, 0.25) is 0 Å². The molecule has 0 amide bonds. The minimum atomic E-state index is 0.120. The van der Waals surface area contributed by atoms with Gasteiger partial charge < -0.3 is 4.74 Å². The number of hydrogen-bond acceptors (Lipinski definition) is 3. The van der Waals surface area contributed by atoms with Gasteiger partial charge in [-0.2, -0.15) is 0 Å². The summed E-state index contributed by atoms with van der Waals surface area (Å²) in [6, 6.07) is 12.9. The summed E-state index contributed by atoms with van der Waals surface area (Å²) in [6.07, 6.45) is 5.12. The summed E-state index contributed by atoms with van der Waals surface area (Å²) in [5.41, 5.74) is 0.860. The van der Waals surface area contributed by atoms with Gasteiger partial charge in [0.05, 0.1) is 7.11 Å². The number of hydrogen-bond donors (Lipinski definition) is 0. The van der Waals surface area contributed by atoms with Crippen LogP contribution in [0.1, 0.15) is 49.9 Å². The van der Waals surface area contributed by atoms with Gasteiger partial charge in [0, 0.05) is 24.1 Å². The lowest BCUT2D eigenvalue weighted by Crippen LogP contribution is -2.51. The van der Waals surface area contributed by atoms with Gasteiger partial charge in [-0.3, -0.25) is 9.69 Å². The molecule has 1 aliphatic carbocycles. The number of nitrogens with zero attached hydrogens (tertiary/aromatic N) is 1. The Balaban J connectivity index is 1.60. The number of fused-ring (bicyclic) bond motifs is 1. The highest BCUT2D eigenvalue weighted by Gasteiger charge is 2.39. The summed E-state index contributed by atoms with van der Waals surface area (Å²) in [6.45, 7) is 6.65. The molecule has 2 aromatic carbocycles. The maximum absolute atomic E-state index is 13.5. The highest BCUT2D eigenvalue weighted by Crippen LogP contribution is 2.36. The van der Waals surface area contributed by atoms with E-state index in [4.69, 9.17) is 4.74 Å². The first-order valence-corrected chi connectivity index (χ1v) is 10.4. The van der Waals surface area contributed by atoms with Crippen molar-refractivity contribution in [1.82, 2.24) is 4.90 Å². The average Bonchev–Trinajstić information content (AvgIpc) is 2.65. The van der Waals surface area contributed by atoms with Crippen molar-refractivity contribution in [3.05, 3.63) is 42.0 Å². The Hall–Kier alpha value is -1.87. The number of methoxy groups -OCH3 is 1. The molecule has 0 bridgehead atoms. The molecule has 4 rings (SSSR count). The number of carbonyl (C=O) groups is 1. The molecule has 2 aliphatic rings. The number of likely N-dealkylation sites (tertiary alicyclic amines) is 1. The Kier molecular flexibility index (Phi) is 5.23. The normalized spacial score (nSPS) is 24.1. The number of Topliss-reactive ketones (excluding diaryl/α,β-unsaturated/α-hetero) is 1. The third-order valence-electron chi connectivity index (χ3n) is 6.81. The maximum Gasteiger partial charge on any atom is 0.167 e. The molecule has 3 nitrogen and oxygen atoms in total. The second kappa shape index (κ2) is 7.63. The van der Waals surface area contributed by atoms with Gasteiger partial charge in [0.15, 0.2) is 5.78 Å². The molecule has 1 saturated carbocycles. The number of rotatable bonds is 5. The van der Waals surface area contributed by atoms with E-state index in [9.17, 15) is 4.79 Å². The van der Waals surface area contributed by atoms with Crippen molar-refractivity contribution in [1.29, 1.82) is 0 Å². The van der Waals surface area contributed by atoms with Crippen molar-refractivity contribution in [2.45, 2.75) is 45.6 Å². The lowest BCUT2D eigenvalue weighted by Gasteiger charge is -2.46. The monoisotopic (exact) mass is 365 g/mol. The zero-order valence-electron chi connectivity index (χ0n) is 16.8. The molecule has 0 radical (unpaired) electrons. The van der Waals surface area contributed by atoms with E-state index in [0.717, 1.165) is 47.6 Å². The standard InChI is InChI=1S/C24H31NO2/c1-16(2)22-11-12-25(20-5-4-6-20)15-23(22)24(26)19-8-7-18-14-21(27-3)10-9-17(18)13-19/h7-10,13-14,16,20,22-23H,4-6,11-12,15H2,1-3H3/t22-,23-/m1/s1. The van der Waals surface area contributed by atoms with Crippen LogP contribution in [-0.2, 0) is 0 Å². The molecule has 1 aliphatic heterocycles. The molecule has 1 saturated heterocycles. The molecule has 2 fully saturated rings. The van der Waals surface area contributed by atoms with Crippen LogP contribution < -0.4 is 4.74 Å². The van der Waals surface area contributed by atoms with Gasteiger partial charge in [-0.1, -0.05) is 38.5 Å². The molecule has 2 atom stereocenters. The summed E-state index contributed by atoms with van der Waals surface area (Å²) in [4.78, 5) is 16.1. The van der Waals surface area contributed by atoms with Gasteiger partial charge in [-0.25, -0.2) is 0 Å². The Morgan fingerprint density at radius 3 is 2.48 bits per heavy atom. The Morgan fingerprint density at radius 2 is 1.81 bits per heavy atom. The van der Waals surface area contributed by atoms with Crippen LogP contribution in [0.2, 0.25) is 0 Å². The third kappa shape index (κ3) is 3.62. The molecule has 144 valence electrons. The van der Waals surface area contributed by atoms with Crippen molar-refractivity contribution in [3.8, 4) is 5.75 Å². The molecule has 0 spiro atoms.